The van der Waals surface area contributed by atoms with E-state index in [0.717, 1.165) is 39.7 Å². The third-order valence-electron chi connectivity index (χ3n) is 5.47. The number of amides is 1. The van der Waals surface area contributed by atoms with Crippen LogP contribution in [0.3, 0.4) is 0 Å². The summed E-state index contributed by atoms with van der Waals surface area (Å²) in [5, 5.41) is 14.2. The van der Waals surface area contributed by atoms with E-state index < -0.39 is 0 Å². The van der Waals surface area contributed by atoms with E-state index in [1.165, 1.54) is 4.80 Å². The topological polar surface area (TPSA) is 80.0 Å². The Morgan fingerprint density at radius 2 is 1.91 bits per heavy atom. The lowest BCUT2D eigenvalue weighted by molar-refractivity contribution is -0.132. The molecule has 0 radical (unpaired) electrons. The number of rotatable bonds is 4. The van der Waals surface area contributed by atoms with Gasteiger partial charge in [0, 0.05) is 58.5 Å². The maximum atomic E-state index is 12.8. The molecule has 2 aromatic carbocycles. The highest BCUT2D eigenvalue weighted by atomic mass is 79.9. The molecule has 8 nitrogen and oxygen atoms in total. The van der Waals surface area contributed by atoms with Gasteiger partial charge < -0.3 is 9.80 Å². The molecule has 162 valence electrons. The number of anilines is 1. The Morgan fingerprint density at radius 3 is 2.72 bits per heavy atom. The molecule has 1 amide bonds. The summed E-state index contributed by atoms with van der Waals surface area (Å²) in [5.41, 5.74) is 2.82. The summed E-state index contributed by atoms with van der Waals surface area (Å²) in [5.74, 6) is 0.475. The van der Waals surface area contributed by atoms with Crippen molar-refractivity contribution in [1.82, 2.24) is 30.1 Å². The molecule has 4 aromatic rings. The van der Waals surface area contributed by atoms with Crippen LogP contribution in [0.2, 0.25) is 5.02 Å². The van der Waals surface area contributed by atoms with Gasteiger partial charge in [0.15, 0.2) is 0 Å². The SMILES string of the molecule is O=C(Cn1nnc(-c2cccc(Br)c2)n1)N1CCN(c2ccnc3cc(Cl)ccc23)CC1. The number of hydrogen-bond donors (Lipinski definition) is 0. The molecular formula is C22H19BrClN7O. The van der Waals surface area contributed by atoms with Gasteiger partial charge in [-0.2, -0.15) is 4.80 Å². The van der Waals surface area contributed by atoms with Crippen LogP contribution in [-0.2, 0) is 11.3 Å². The minimum atomic E-state index is -0.0192. The van der Waals surface area contributed by atoms with Crippen LogP contribution in [0.25, 0.3) is 22.3 Å². The standard InChI is InChI=1S/C22H19BrClN7O/c23-16-3-1-2-15(12-16)22-26-28-31(27-22)14-21(32)30-10-8-29(9-11-30)20-6-7-25-19-13-17(24)4-5-18(19)20/h1-7,12-13H,8-11,14H2. The largest absolute Gasteiger partial charge is 0.367 e. The molecule has 1 fully saturated rings. The number of tetrazole rings is 1. The Bertz CT molecular complexity index is 1290. The van der Waals surface area contributed by atoms with E-state index in [2.05, 4.69) is 41.2 Å². The lowest BCUT2D eigenvalue weighted by Gasteiger charge is -2.36. The first-order valence-corrected chi connectivity index (χ1v) is 11.3. The van der Waals surface area contributed by atoms with Crippen molar-refractivity contribution in [3.05, 3.63) is 64.2 Å². The van der Waals surface area contributed by atoms with Crippen LogP contribution in [-0.4, -0.2) is 62.2 Å². The molecule has 0 saturated carbocycles. The second-order valence-corrected chi connectivity index (χ2v) is 8.87. The molecule has 1 aliphatic heterocycles. The van der Waals surface area contributed by atoms with Crippen LogP contribution in [0.5, 0.6) is 0 Å². The van der Waals surface area contributed by atoms with E-state index in [1.807, 2.05) is 53.4 Å². The molecule has 5 rings (SSSR count). The summed E-state index contributed by atoms with van der Waals surface area (Å²) in [6.45, 7) is 2.80. The highest BCUT2D eigenvalue weighted by Gasteiger charge is 2.23. The molecule has 0 spiro atoms. The third-order valence-corrected chi connectivity index (χ3v) is 6.20. The minimum absolute atomic E-state index is 0.0192. The van der Waals surface area contributed by atoms with Gasteiger partial charge in [-0.3, -0.25) is 9.78 Å². The lowest BCUT2D eigenvalue weighted by atomic mass is 10.1. The Labute approximate surface area is 197 Å². The monoisotopic (exact) mass is 511 g/mol. The number of carbonyl (C=O) groups is 1. The summed E-state index contributed by atoms with van der Waals surface area (Å²) in [4.78, 5) is 22.7. The Balaban J connectivity index is 1.23. The predicted molar refractivity (Wildman–Crippen MR) is 126 cm³/mol. The minimum Gasteiger partial charge on any atom is -0.367 e. The first-order chi connectivity index (χ1) is 15.6. The molecule has 0 aliphatic carbocycles. The fourth-order valence-corrected chi connectivity index (χ4v) is 4.42. The molecule has 0 N–H and O–H groups in total. The number of halogens is 2. The first-order valence-electron chi connectivity index (χ1n) is 10.2. The highest BCUT2D eigenvalue weighted by molar-refractivity contribution is 9.10. The predicted octanol–water partition coefficient (Wildman–Crippen LogP) is 3.65. The first kappa shape index (κ1) is 20.8. The van der Waals surface area contributed by atoms with Crippen molar-refractivity contribution in [2.75, 3.05) is 31.1 Å². The van der Waals surface area contributed by atoms with E-state index in [1.54, 1.807) is 6.20 Å². The van der Waals surface area contributed by atoms with Gasteiger partial charge in [-0.1, -0.05) is 39.7 Å². The molecule has 0 unspecified atom stereocenters. The number of benzene rings is 2. The van der Waals surface area contributed by atoms with Crippen LogP contribution in [0.15, 0.2) is 59.2 Å². The molecular weight excluding hydrogens is 494 g/mol. The number of carbonyl (C=O) groups excluding carboxylic acids is 1. The third kappa shape index (κ3) is 4.31. The van der Waals surface area contributed by atoms with Crippen LogP contribution in [0.4, 0.5) is 5.69 Å². The Hall–Kier alpha value is -3.04. The van der Waals surface area contributed by atoms with Crippen molar-refractivity contribution in [3.8, 4) is 11.4 Å². The van der Waals surface area contributed by atoms with E-state index in [-0.39, 0.29) is 12.5 Å². The van der Waals surface area contributed by atoms with Gasteiger partial charge in [-0.15, -0.1) is 10.2 Å². The van der Waals surface area contributed by atoms with Crippen LogP contribution < -0.4 is 4.90 Å². The maximum Gasteiger partial charge on any atom is 0.246 e. The van der Waals surface area contributed by atoms with Crippen molar-refractivity contribution in [2.45, 2.75) is 6.54 Å². The van der Waals surface area contributed by atoms with E-state index in [0.29, 0.717) is 23.9 Å². The zero-order valence-electron chi connectivity index (χ0n) is 17.0. The molecule has 1 aliphatic rings. The second-order valence-electron chi connectivity index (χ2n) is 7.51. The summed E-state index contributed by atoms with van der Waals surface area (Å²) >= 11 is 9.54. The van der Waals surface area contributed by atoms with E-state index in [9.17, 15) is 4.79 Å². The zero-order chi connectivity index (χ0) is 22.1. The number of nitrogens with zero attached hydrogens (tertiary/aromatic N) is 7. The molecule has 32 heavy (non-hydrogen) atoms. The van der Waals surface area contributed by atoms with Crippen molar-refractivity contribution < 1.29 is 4.79 Å². The highest BCUT2D eigenvalue weighted by Crippen LogP contribution is 2.28. The van der Waals surface area contributed by atoms with Crippen LogP contribution in [0, 0.1) is 0 Å². The Kier molecular flexibility index (Phi) is 5.75. The molecule has 10 heteroatoms. The second kappa shape index (κ2) is 8.84. The van der Waals surface area contributed by atoms with Gasteiger partial charge in [-0.25, -0.2) is 0 Å². The van der Waals surface area contributed by atoms with Gasteiger partial charge in [0.05, 0.1) is 5.52 Å². The fraction of sp³-hybridized carbons (Fsp3) is 0.227. The van der Waals surface area contributed by atoms with Crippen molar-refractivity contribution in [2.24, 2.45) is 0 Å². The molecule has 2 aromatic heterocycles. The van der Waals surface area contributed by atoms with Crippen LogP contribution >= 0.6 is 27.5 Å². The summed E-state index contributed by atoms with van der Waals surface area (Å²) in [6, 6.07) is 15.4. The summed E-state index contributed by atoms with van der Waals surface area (Å²) in [7, 11) is 0. The van der Waals surface area contributed by atoms with Crippen LogP contribution in [0.1, 0.15) is 0 Å². The number of fused-ring (bicyclic) bond motifs is 1. The van der Waals surface area contributed by atoms with Gasteiger partial charge in [0.2, 0.25) is 11.7 Å². The summed E-state index contributed by atoms with van der Waals surface area (Å²) < 4.78 is 0.936. The maximum absolute atomic E-state index is 12.8. The summed E-state index contributed by atoms with van der Waals surface area (Å²) in [6.07, 6.45) is 1.80. The Morgan fingerprint density at radius 1 is 1.06 bits per heavy atom. The molecule has 3 heterocycles. The van der Waals surface area contributed by atoms with E-state index in [4.69, 9.17) is 11.6 Å². The van der Waals surface area contributed by atoms with Crippen molar-refractivity contribution in [3.63, 3.8) is 0 Å². The smallest absolute Gasteiger partial charge is 0.246 e. The zero-order valence-corrected chi connectivity index (χ0v) is 19.4. The molecule has 1 saturated heterocycles. The number of hydrogen-bond acceptors (Lipinski definition) is 6. The molecule has 0 atom stereocenters. The average molecular weight is 513 g/mol. The van der Waals surface area contributed by atoms with Gasteiger partial charge in [-0.05, 0) is 41.6 Å². The quantitative estimate of drug-likeness (QED) is 0.415. The van der Waals surface area contributed by atoms with Gasteiger partial charge >= 0.3 is 0 Å². The van der Waals surface area contributed by atoms with Crippen molar-refractivity contribution >= 4 is 50.0 Å². The van der Waals surface area contributed by atoms with Crippen molar-refractivity contribution in [1.29, 1.82) is 0 Å². The van der Waals surface area contributed by atoms with E-state index >= 15 is 0 Å². The van der Waals surface area contributed by atoms with Gasteiger partial charge in [0.1, 0.15) is 6.54 Å². The molecule has 0 bridgehead atoms. The average Bonchev–Trinajstić information content (AvgIpc) is 3.27. The van der Waals surface area contributed by atoms with Gasteiger partial charge in [0.25, 0.3) is 0 Å². The lowest BCUT2D eigenvalue weighted by Crippen LogP contribution is -2.49. The normalized spacial score (nSPS) is 14.2. The number of aromatic nitrogens is 5. The number of pyridine rings is 1. The number of piperazine rings is 1. The fourth-order valence-electron chi connectivity index (χ4n) is 3.85.